The molecule has 0 spiro atoms. The quantitative estimate of drug-likeness (QED) is 0.636. The number of allylic oxidation sites excluding steroid dienone is 1. The van der Waals surface area contributed by atoms with Gasteiger partial charge in [0.1, 0.15) is 5.54 Å². The molecule has 3 N–H and O–H groups in total. The highest BCUT2D eigenvalue weighted by atomic mass is 16.5. The molecule has 14 heavy (non-hydrogen) atoms. The summed E-state index contributed by atoms with van der Waals surface area (Å²) in [6.07, 6.45) is 2.56. The topological polar surface area (TPSA) is 64.4 Å². The average molecular weight is 198 g/mol. The minimum Gasteiger partial charge on any atom is -0.379 e. The van der Waals surface area contributed by atoms with Crippen LogP contribution in [0.3, 0.4) is 0 Å². The second kappa shape index (κ2) is 4.57. The summed E-state index contributed by atoms with van der Waals surface area (Å²) >= 11 is 0. The molecular formula is C10H18N2O2. The Hall–Kier alpha value is -0.870. The van der Waals surface area contributed by atoms with Gasteiger partial charge in [-0.2, -0.15) is 0 Å². The van der Waals surface area contributed by atoms with Crippen molar-refractivity contribution in [1.29, 1.82) is 0 Å². The smallest absolute Gasteiger partial charge is 0.242 e. The molecule has 1 unspecified atom stereocenters. The highest BCUT2D eigenvalue weighted by Crippen LogP contribution is 2.15. The van der Waals surface area contributed by atoms with Gasteiger partial charge in [-0.3, -0.25) is 4.79 Å². The molecule has 4 nitrogen and oxygen atoms in total. The molecule has 80 valence electrons. The molecule has 0 aromatic carbocycles. The van der Waals surface area contributed by atoms with Crippen molar-refractivity contribution in [3.63, 3.8) is 0 Å². The van der Waals surface area contributed by atoms with Crippen LogP contribution in [0.25, 0.3) is 0 Å². The third-order valence-electron chi connectivity index (χ3n) is 2.28. The second-order valence-electron chi connectivity index (χ2n) is 3.95. The first kappa shape index (κ1) is 11.2. The highest BCUT2D eigenvalue weighted by molar-refractivity contribution is 5.86. The lowest BCUT2D eigenvalue weighted by Gasteiger charge is -2.19. The SMILES string of the molecule is CC(C)=CCNC(=O)C1(N)CCOC1. The fourth-order valence-corrected chi connectivity index (χ4v) is 1.28. The van der Waals surface area contributed by atoms with Gasteiger partial charge in [0.25, 0.3) is 0 Å². The number of rotatable bonds is 3. The summed E-state index contributed by atoms with van der Waals surface area (Å²) in [4.78, 5) is 11.6. The lowest BCUT2D eigenvalue weighted by molar-refractivity contribution is -0.126. The Morgan fingerprint density at radius 2 is 2.36 bits per heavy atom. The molecule has 1 heterocycles. The van der Waals surface area contributed by atoms with Crippen LogP contribution in [0.5, 0.6) is 0 Å². The number of hydrogen-bond acceptors (Lipinski definition) is 3. The van der Waals surface area contributed by atoms with Crippen LogP contribution in [-0.2, 0) is 9.53 Å². The zero-order valence-electron chi connectivity index (χ0n) is 8.80. The van der Waals surface area contributed by atoms with Gasteiger partial charge in [-0.25, -0.2) is 0 Å². The van der Waals surface area contributed by atoms with E-state index in [9.17, 15) is 4.79 Å². The summed E-state index contributed by atoms with van der Waals surface area (Å²) < 4.78 is 5.11. The maximum Gasteiger partial charge on any atom is 0.242 e. The first-order valence-electron chi connectivity index (χ1n) is 4.83. The number of amides is 1. The van der Waals surface area contributed by atoms with E-state index in [-0.39, 0.29) is 5.91 Å². The molecule has 1 amide bonds. The van der Waals surface area contributed by atoms with Gasteiger partial charge in [-0.05, 0) is 20.3 Å². The van der Waals surface area contributed by atoms with Crippen LogP contribution < -0.4 is 11.1 Å². The number of nitrogens with one attached hydrogen (secondary N) is 1. The van der Waals surface area contributed by atoms with E-state index in [0.29, 0.717) is 26.2 Å². The lowest BCUT2D eigenvalue weighted by Crippen LogP contribution is -2.54. The molecule has 1 rings (SSSR count). The summed E-state index contributed by atoms with van der Waals surface area (Å²) in [5.41, 5.74) is 6.23. The van der Waals surface area contributed by atoms with E-state index in [0.717, 1.165) is 0 Å². The molecule has 1 atom stereocenters. The fourth-order valence-electron chi connectivity index (χ4n) is 1.28. The van der Waals surface area contributed by atoms with E-state index in [1.807, 2.05) is 19.9 Å². The average Bonchev–Trinajstić information content (AvgIpc) is 2.52. The number of hydrogen-bond donors (Lipinski definition) is 2. The van der Waals surface area contributed by atoms with Gasteiger partial charge in [-0.15, -0.1) is 0 Å². The van der Waals surface area contributed by atoms with Crippen molar-refractivity contribution >= 4 is 5.91 Å². The molecule has 1 fully saturated rings. The predicted molar refractivity (Wildman–Crippen MR) is 54.8 cm³/mol. The van der Waals surface area contributed by atoms with E-state index < -0.39 is 5.54 Å². The van der Waals surface area contributed by atoms with Crippen molar-refractivity contribution < 1.29 is 9.53 Å². The molecule has 0 aromatic heterocycles. The Balaban J connectivity index is 2.38. The number of carbonyl (C=O) groups is 1. The van der Waals surface area contributed by atoms with Crippen LogP contribution in [0.4, 0.5) is 0 Å². The van der Waals surface area contributed by atoms with Crippen LogP contribution >= 0.6 is 0 Å². The van der Waals surface area contributed by atoms with Crippen molar-refractivity contribution in [2.24, 2.45) is 5.73 Å². The van der Waals surface area contributed by atoms with Crippen molar-refractivity contribution in [1.82, 2.24) is 5.32 Å². The molecule has 4 heteroatoms. The van der Waals surface area contributed by atoms with Crippen molar-refractivity contribution in [3.05, 3.63) is 11.6 Å². The highest BCUT2D eigenvalue weighted by Gasteiger charge is 2.37. The Labute approximate surface area is 84.5 Å². The Morgan fingerprint density at radius 1 is 1.64 bits per heavy atom. The monoisotopic (exact) mass is 198 g/mol. The molecule has 1 aliphatic heterocycles. The van der Waals surface area contributed by atoms with Gasteiger partial charge in [0.05, 0.1) is 6.61 Å². The zero-order valence-corrected chi connectivity index (χ0v) is 8.80. The maximum atomic E-state index is 11.6. The molecule has 1 saturated heterocycles. The van der Waals surface area contributed by atoms with E-state index in [4.69, 9.17) is 10.5 Å². The second-order valence-corrected chi connectivity index (χ2v) is 3.95. The van der Waals surface area contributed by atoms with Crippen molar-refractivity contribution in [2.45, 2.75) is 25.8 Å². The van der Waals surface area contributed by atoms with E-state index in [1.165, 1.54) is 5.57 Å². The summed E-state index contributed by atoms with van der Waals surface area (Å²) in [6.45, 7) is 5.42. The number of nitrogens with two attached hydrogens (primary N) is 1. The molecule has 0 aliphatic carbocycles. The molecular weight excluding hydrogens is 180 g/mol. The Morgan fingerprint density at radius 3 is 2.86 bits per heavy atom. The fraction of sp³-hybridized carbons (Fsp3) is 0.700. The minimum absolute atomic E-state index is 0.118. The van der Waals surface area contributed by atoms with E-state index in [2.05, 4.69) is 5.32 Å². The molecule has 0 radical (unpaired) electrons. The minimum atomic E-state index is -0.810. The summed E-state index contributed by atoms with van der Waals surface area (Å²) in [5, 5.41) is 2.78. The third kappa shape index (κ3) is 2.82. The summed E-state index contributed by atoms with van der Waals surface area (Å²) in [5.74, 6) is -0.118. The van der Waals surface area contributed by atoms with Crippen LogP contribution in [0, 0.1) is 0 Å². The van der Waals surface area contributed by atoms with Gasteiger partial charge < -0.3 is 15.8 Å². The first-order chi connectivity index (χ1) is 6.54. The molecule has 0 saturated carbocycles. The third-order valence-corrected chi connectivity index (χ3v) is 2.28. The number of ether oxygens (including phenoxy) is 1. The van der Waals surface area contributed by atoms with Gasteiger partial charge >= 0.3 is 0 Å². The summed E-state index contributed by atoms with van der Waals surface area (Å²) in [7, 11) is 0. The predicted octanol–water partition coefficient (Wildman–Crippen LogP) is 0.187. The molecule has 1 aliphatic rings. The molecule has 0 aromatic rings. The van der Waals surface area contributed by atoms with Gasteiger partial charge in [0.15, 0.2) is 0 Å². The standard InChI is InChI=1S/C10H18N2O2/c1-8(2)3-5-12-9(13)10(11)4-6-14-7-10/h3H,4-7,11H2,1-2H3,(H,12,13). The Kier molecular flexibility index (Phi) is 3.66. The normalized spacial score (nSPS) is 25.9. The molecule has 0 bridgehead atoms. The van der Waals surface area contributed by atoms with Gasteiger partial charge in [0.2, 0.25) is 5.91 Å². The van der Waals surface area contributed by atoms with E-state index >= 15 is 0 Å². The van der Waals surface area contributed by atoms with Gasteiger partial charge in [-0.1, -0.05) is 11.6 Å². The van der Waals surface area contributed by atoms with Crippen LogP contribution in [0.1, 0.15) is 20.3 Å². The van der Waals surface area contributed by atoms with Crippen LogP contribution in [0.15, 0.2) is 11.6 Å². The maximum absolute atomic E-state index is 11.6. The van der Waals surface area contributed by atoms with Crippen molar-refractivity contribution in [2.75, 3.05) is 19.8 Å². The zero-order chi connectivity index (χ0) is 10.6. The van der Waals surface area contributed by atoms with E-state index in [1.54, 1.807) is 0 Å². The van der Waals surface area contributed by atoms with Gasteiger partial charge in [0, 0.05) is 13.2 Å². The Bertz CT molecular complexity index is 239. The van der Waals surface area contributed by atoms with Crippen LogP contribution in [-0.4, -0.2) is 31.2 Å². The van der Waals surface area contributed by atoms with Crippen molar-refractivity contribution in [3.8, 4) is 0 Å². The summed E-state index contributed by atoms with van der Waals surface area (Å²) in [6, 6.07) is 0. The number of carbonyl (C=O) groups excluding carboxylic acids is 1. The van der Waals surface area contributed by atoms with Crippen LogP contribution in [0.2, 0.25) is 0 Å². The lowest BCUT2D eigenvalue weighted by atomic mass is 9.99. The largest absolute Gasteiger partial charge is 0.379 e. The first-order valence-corrected chi connectivity index (χ1v) is 4.83.